The molecule has 0 saturated heterocycles. The Labute approximate surface area is 240 Å². The van der Waals surface area contributed by atoms with Crippen molar-refractivity contribution >= 4 is 0 Å². The average Bonchev–Trinajstić information content (AvgIpc) is 2.33. The van der Waals surface area contributed by atoms with E-state index in [0.29, 0.717) is 0 Å². The Hall–Kier alpha value is 2.37. The van der Waals surface area contributed by atoms with Crippen molar-refractivity contribution < 1.29 is 176 Å². The van der Waals surface area contributed by atoms with E-state index in [-0.39, 0.29) is 176 Å². The topological polar surface area (TPSA) is 143 Å². The van der Waals surface area contributed by atoms with Crippen LogP contribution in [0.15, 0.2) is 0 Å². The summed E-state index contributed by atoms with van der Waals surface area (Å²) in [5, 5.41) is 37.5. The zero-order valence-electron chi connectivity index (χ0n) is 12.0. The summed E-state index contributed by atoms with van der Waals surface area (Å²) in [5.74, 6) is 0. The Bertz CT molecular complexity index is 115. The molecule has 0 aromatic rings. The molecule has 0 aliphatic heterocycles. The quantitative estimate of drug-likeness (QED) is 0.318. The molecule has 0 atom stereocenters. The van der Waals surface area contributed by atoms with Crippen LogP contribution in [-0.2, 0) is 17.1 Å². The van der Waals surface area contributed by atoms with Crippen LogP contribution in [0.5, 0.6) is 0 Å². The number of hydrogen-bond donors (Lipinski definition) is 0. The second-order valence-electron chi connectivity index (χ2n) is 0. The minimum absolute atomic E-state index is 0. The van der Waals surface area contributed by atoms with E-state index in [1.54, 1.807) is 0 Å². The van der Waals surface area contributed by atoms with Crippen LogP contribution in [0.2, 0.25) is 0 Å². The summed E-state index contributed by atoms with van der Waals surface area (Å²) in [7, 11) is 0. The zero-order chi connectivity index (χ0) is 12.0. The monoisotopic (exact) mass is 332 g/mol. The molecule has 10 heteroatoms. The van der Waals surface area contributed by atoms with Crippen LogP contribution < -0.4 is 154 Å². The Balaban J connectivity index is -0.00000000193. The predicted molar refractivity (Wildman–Crippen MR) is 33.1 cm³/mol. The van der Waals surface area contributed by atoms with Crippen LogP contribution in [0.3, 0.4) is 0 Å². The molecule has 0 bridgehead atoms. The van der Waals surface area contributed by atoms with E-state index in [0.717, 1.165) is 0 Å². The van der Waals surface area contributed by atoms with Crippen LogP contribution in [0.4, 0.5) is 0 Å². The molecule has 0 N–H and O–H groups in total. The molecule has 0 radical (unpaired) electrons. The van der Waals surface area contributed by atoms with E-state index in [4.69, 9.17) is 71.0 Å². The molecule has 0 saturated carbocycles. The van der Waals surface area contributed by atoms with Gasteiger partial charge < -0.3 is 75.3 Å². The maximum Gasteiger partial charge on any atom is 6.00 e. The van der Waals surface area contributed by atoms with Crippen LogP contribution in [0, 0.1) is 71.0 Å². The van der Waals surface area contributed by atoms with Crippen molar-refractivity contribution in [2.75, 3.05) is 0 Å². The summed E-state index contributed by atoms with van der Waals surface area (Å²) in [4.78, 5) is 0. The van der Waals surface area contributed by atoms with Gasteiger partial charge >= 0.3 is 171 Å². The van der Waals surface area contributed by atoms with E-state index < -0.39 is 0 Å². The molecule has 0 aromatic carbocycles. The maximum absolute atomic E-state index is 6.25. The first kappa shape index (κ1) is 79.1. The van der Waals surface area contributed by atoms with Crippen molar-refractivity contribution in [1.82, 2.24) is 0 Å². The molecule has 68 valence electrons. The van der Waals surface area contributed by atoms with Crippen molar-refractivity contribution in [2.24, 2.45) is 0 Å². The van der Waals surface area contributed by atoms with Gasteiger partial charge in [-0.05, 0) is 0 Å². The first-order valence-corrected chi connectivity index (χ1v) is 1.34. The van der Waals surface area contributed by atoms with Gasteiger partial charge in [0.25, 0.3) is 0 Å². The fourth-order valence-electron chi connectivity index (χ4n) is 0. The van der Waals surface area contributed by atoms with Gasteiger partial charge in [0.05, 0.1) is 0 Å². The fourth-order valence-corrected chi connectivity index (χ4v) is 0. The van der Waals surface area contributed by atoms with Crippen molar-refractivity contribution in [3.63, 3.8) is 0 Å². The van der Waals surface area contributed by atoms with Gasteiger partial charge in [-0.3, -0.25) is 0 Å². The van der Waals surface area contributed by atoms with Gasteiger partial charge in [-0.2, -0.15) is 0 Å². The first-order chi connectivity index (χ1) is 6.00. The Morgan fingerprint density at radius 2 is 0.375 bits per heavy atom. The first-order valence-electron chi connectivity index (χ1n) is 1.34. The van der Waals surface area contributed by atoms with Crippen LogP contribution in [0.1, 0.15) is 4.28 Å². The minimum Gasteiger partial charge on any atom is -1.00 e. The molecule has 0 rings (SSSR count). The Morgan fingerprint density at radius 3 is 0.375 bits per heavy atom. The van der Waals surface area contributed by atoms with Gasteiger partial charge in [0.1, 0.15) is 0 Å². The smallest absolute Gasteiger partial charge is 1.00 e. The normalized spacial score (nSPS) is 0.750. The van der Waals surface area contributed by atoms with Crippen molar-refractivity contribution in [3.8, 4) is 0 Å². The third-order valence-corrected chi connectivity index (χ3v) is 0. The van der Waals surface area contributed by atoms with E-state index in [9.17, 15) is 0 Å². The summed E-state index contributed by atoms with van der Waals surface area (Å²) >= 11 is 0. The Morgan fingerprint density at radius 1 is 0.375 bits per heavy atom. The SMILES string of the molecule is [C-]#N.[C-]#N.[C-]#N.[C-]#N.[C-]#N.[C-]#N.[Fe+6].[H-].[H-].[H-].[K+].[K+].[K+]. The molecule has 6 nitrogen and oxygen atoms in total. The summed E-state index contributed by atoms with van der Waals surface area (Å²) in [6, 6.07) is 0. The summed E-state index contributed by atoms with van der Waals surface area (Å²) in [6.07, 6.45) is 0. The summed E-state index contributed by atoms with van der Waals surface area (Å²) in [5.41, 5.74) is 0. The van der Waals surface area contributed by atoms with Crippen molar-refractivity contribution in [2.45, 2.75) is 0 Å². The van der Waals surface area contributed by atoms with E-state index in [1.165, 1.54) is 0 Å². The van der Waals surface area contributed by atoms with Gasteiger partial charge in [-0.25, -0.2) is 0 Å². The van der Waals surface area contributed by atoms with Gasteiger partial charge in [0, 0.05) is 0 Å². The van der Waals surface area contributed by atoms with Gasteiger partial charge in [-0.15, -0.1) is 0 Å². The van der Waals surface area contributed by atoms with E-state index in [2.05, 4.69) is 0 Å². The number of nitrogens with zero attached hydrogens (tertiary/aromatic N) is 6. The summed E-state index contributed by atoms with van der Waals surface area (Å²) in [6.45, 7) is 28.5. The van der Waals surface area contributed by atoms with Gasteiger partial charge in [0.2, 0.25) is 0 Å². The molecule has 0 heterocycles. The van der Waals surface area contributed by atoms with Crippen LogP contribution >= 0.6 is 0 Å². The second kappa shape index (κ2) is 829. The van der Waals surface area contributed by atoms with Crippen LogP contribution in [0.25, 0.3) is 0 Å². The predicted octanol–water partition coefficient (Wildman–Crippen LogP) is -8.07. The molecule has 0 spiro atoms. The van der Waals surface area contributed by atoms with Crippen molar-refractivity contribution in [1.29, 1.82) is 31.6 Å². The third-order valence-electron chi connectivity index (χ3n) is 0. The van der Waals surface area contributed by atoms with Crippen LogP contribution in [-0.4, -0.2) is 0 Å². The fraction of sp³-hybridized carbons (Fsp3) is 0. The Kier molecular flexibility index (Phi) is 4100. The molecule has 0 unspecified atom stereocenters. The average molecular weight is 332 g/mol. The molecular formula is C6H3FeK3N6. The third kappa shape index (κ3) is 689. The standard InChI is InChI=1S/6CN.Fe.3K.3H/c6*1-2;;;;;;;/q6*-1;+6;3*+1;3*-1. The van der Waals surface area contributed by atoms with Crippen molar-refractivity contribution in [3.05, 3.63) is 39.4 Å². The summed E-state index contributed by atoms with van der Waals surface area (Å²) < 4.78 is 0. The second-order valence-corrected chi connectivity index (χ2v) is 0. The maximum atomic E-state index is 6.25. The largest absolute Gasteiger partial charge is 6.00 e. The molecule has 0 aliphatic rings. The molecular weight excluding hydrogens is 329 g/mol. The number of rotatable bonds is 0. The van der Waals surface area contributed by atoms with E-state index >= 15 is 0 Å². The molecule has 0 amide bonds. The van der Waals surface area contributed by atoms with E-state index in [1.807, 2.05) is 0 Å². The zero-order valence-corrected chi connectivity index (χ0v) is 19.5. The molecule has 0 aromatic heterocycles. The van der Waals surface area contributed by atoms with Gasteiger partial charge in [0.15, 0.2) is 0 Å². The molecule has 0 fully saturated rings. The molecule has 16 heavy (non-hydrogen) atoms. The molecule has 0 aliphatic carbocycles. The number of hydrogen-bond acceptors (Lipinski definition) is 6. The minimum atomic E-state index is 0. The van der Waals surface area contributed by atoms with Gasteiger partial charge in [-0.1, -0.05) is 0 Å².